The monoisotopic (exact) mass is 296 g/mol. The van der Waals surface area contributed by atoms with Crippen LogP contribution in [0.4, 0.5) is 0 Å². The van der Waals surface area contributed by atoms with E-state index in [4.69, 9.17) is 0 Å². The molecule has 116 valence electrons. The molecule has 2 N–H and O–H groups in total. The smallest absolute Gasteiger partial charge is 0.116 e. The van der Waals surface area contributed by atoms with Crippen LogP contribution in [0.2, 0.25) is 0 Å². The van der Waals surface area contributed by atoms with E-state index in [-0.39, 0.29) is 0 Å². The first-order chi connectivity index (χ1) is 10.7. The van der Waals surface area contributed by atoms with Crippen molar-refractivity contribution in [1.82, 2.24) is 10.3 Å². The quantitative estimate of drug-likeness (QED) is 0.901. The van der Waals surface area contributed by atoms with Crippen LogP contribution >= 0.6 is 0 Å². The first-order valence-corrected chi connectivity index (χ1v) is 8.21. The van der Waals surface area contributed by atoms with E-state index < -0.39 is 0 Å². The maximum atomic E-state index is 10.0. The average molecular weight is 296 g/mol. The molecule has 0 radical (unpaired) electrons. The summed E-state index contributed by atoms with van der Waals surface area (Å²) in [5.74, 6) is 0.326. The molecule has 1 aliphatic rings. The Balaban J connectivity index is 1.74. The number of nitrogens with one attached hydrogen (secondary N) is 1. The fraction of sp³-hybridized carbons (Fsp3) is 0.421. The Hall–Kier alpha value is -1.87. The van der Waals surface area contributed by atoms with Crippen LogP contribution in [-0.2, 0) is 6.42 Å². The van der Waals surface area contributed by atoms with Crippen LogP contribution in [0, 0.1) is 6.92 Å². The minimum absolute atomic E-state index is 0.326. The van der Waals surface area contributed by atoms with Crippen molar-refractivity contribution in [3.8, 4) is 17.0 Å². The third-order valence-electron chi connectivity index (χ3n) is 4.36. The predicted octanol–water partition coefficient (Wildman–Crippen LogP) is 3.84. The fourth-order valence-corrected chi connectivity index (χ4v) is 3.18. The molecule has 2 heterocycles. The van der Waals surface area contributed by atoms with Gasteiger partial charge in [-0.1, -0.05) is 12.5 Å². The van der Waals surface area contributed by atoms with Gasteiger partial charge in [0.2, 0.25) is 0 Å². The lowest BCUT2D eigenvalue weighted by Gasteiger charge is -2.23. The number of piperidine rings is 1. The van der Waals surface area contributed by atoms with Crippen molar-refractivity contribution < 1.29 is 5.11 Å². The van der Waals surface area contributed by atoms with E-state index in [0.717, 1.165) is 36.3 Å². The summed E-state index contributed by atoms with van der Waals surface area (Å²) in [6.45, 7) is 3.13. The summed E-state index contributed by atoms with van der Waals surface area (Å²) in [6.07, 6.45) is 6.02. The maximum absolute atomic E-state index is 10.0. The third kappa shape index (κ3) is 3.86. The number of aromatic nitrogens is 1. The number of pyridine rings is 1. The highest BCUT2D eigenvalue weighted by atomic mass is 16.3. The highest BCUT2D eigenvalue weighted by molar-refractivity contribution is 5.62. The van der Waals surface area contributed by atoms with Gasteiger partial charge in [-0.3, -0.25) is 4.98 Å². The minimum atomic E-state index is 0.326. The molecule has 1 aromatic heterocycles. The summed E-state index contributed by atoms with van der Waals surface area (Å²) in [4.78, 5) is 4.55. The Morgan fingerprint density at radius 1 is 1.23 bits per heavy atom. The first-order valence-electron chi connectivity index (χ1n) is 8.21. The summed E-state index contributed by atoms with van der Waals surface area (Å²) in [5, 5.41) is 13.6. The summed E-state index contributed by atoms with van der Waals surface area (Å²) >= 11 is 0. The Labute approximate surface area is 132 Å². The first kappa shape index (κ1) is 15.0. The lowest BCUT2D eigenvalue weighted by atomic mass is 9.96. The van der Waals surface area contributed by atoms with Crippen molar-refractivity contribution in [3.63, 3.8) is 0 Å². The Kier molecular flexibility index (Phi) is 4.74. The summed E-state index contributed by atoms with van der Waals surface area (Å²) in [7, 11) is 0. The van der Waals surface area contributed by atoms with E-state index in [1.54, 1.807) is 6.07 Å². The number of aromatic hydroxyl groups is 1. The van der Waals surface area contributed by atoms with Gasteiger partial charge in [0.15, 0.2) is 0 Å². The molecule has 3 nitrogen and oxygen atoms in total. The Morgan fingerprint density at radius 2 is 2.14 bits per heavy atom. The number of hydrogen-bond donors (Lipinski definition) is 2. The van der Waals surface area contributed by atoms with Gasteiger partial charge in [-0.05, 0) is 75.0 Å². The van der Waals surface area contributed by atoms with Crippen molar-refractivity contribution in [1.29, 1.82) is 0 Å². The zero-order chi connectivity index (χ0) is 15.4. The number of phenols is 1. The number of rotatable bonds is 4. The van der Waals surface area contributed by atoms with E-state index in [1.807, 2.05) is 31.2 Å². The van der Waals surface area contributed by atoms with Crippen LogP contribution in [0.3, 0.4) is 0 Å². The van der Waals surface area contributed by atoms with Gasteiger partial charge in [-0.25, -0.2) is 0 Å². The molecule has 0 saturated carbocycles. The van der Waals surface area contributed by atoms with Crippen LogP contribution in [0.15, 0.2) is 36.4 Å². The molecule has 2 aromatic rings. The number of benzene rings is 1. The van der Waals surface area contributed by atoms with Gasteiger partial charge in [0, 0.05) is 17.3 Å². The van der Waals surface area contributed by atoms with Gasteiger partial charge in [-0.15, -0.1) is 0 Å². The van der Waals surface area contributed by atoms with Crippen molar-refractivity contribution in [2.24, 2.45) is 0 Å². The Morgan fingerprint density at radius 3 is 2.91 bits per heavy atom. The molecule has 1 aliphatic heterocycles. The van der Waals surface area contributed by atoms with Gasteiger partial charge >= 0.3 is 0 Å². The topological polar surface area (TPSA) is 45.1 Å². The van der Waals surface area contributed by atoms with Gasteiger partial charge in [-0.2, -0.15) is 0 Å². The minimum Gasteiger partial charge on any atom is -0.508 e. The molecule has 0 amide bonds. The van der Waals surface area contributed by atoms with Gasteiger partial charge in [0.1, 0.15) is 5.75 Å². The number of hydrogen-bond acceptors (Lipinski definition) is 3. The molecule has 1 fully saturated rings. The SMILES string of the molecule is Cc1cccc(-c2cc(O)cc(CC[C@H]3CCCCN3)c2)n1. The zero-order valence-corrected chi connectivity index (χ0v) is 13.2. The van der Waals surface area contributed by atoms with Crippen molar-refractivity contribution in [2.45, 2.75) is 45.1 Å². The summed E-state index contributed by atoms with van der Waals surface area (Å²) in [5.41, 5.74) is 4.10. The second-order valence-corrected chi connectivity index (χ2v) is 6.24. The zero-order valence-electron chi connectivity index (χ0n) is 13.2. The normalized spacial score (nSPS) is 18.3. The van der Waals surface area contributed by atoms with E-state index in [2.05, 4.69) is 16.4 Å². The highest BCUT2D eigenvalue weighted by Crippen LogP contribution is 2.25. The van der Waals surface area contributed by atoms with Crippen molar-refractivity contribution in [2.75, 3.05) is 6.54 Å². The molecular formula is C19H24N2O. The van der Waals surface area contributed by atoms with E-state index in [9.17, 15) is 5.11 Å². The molecule has 1 aromatic carbocycles. The van der Waals surface area contributed by atoms with Crippen molar-refractivity contribution in [3.05, 3.63) is 47.7 Å². The molecule has 0 spiro atoms. The second kappa shape index (κ2) is 6.93. The largest absolute Gasteiger partial charge is 0.508 e. The van der Waals surface area contributed by atoms with Gasteiger partial charge in [0.25, 0.3) is 0 Å². The van der Waals surface area contributed by atoms with Gasteiger partial charge < -0.3 is 10.4 Å². The highest BCUT2D eigenvalue weighted by Gasteiger charge is 2.13. The maximum Gasteiger partial charge on any atom is 0.116 e. The molecule has 0 bridgehead atoms. The number of aryl methyl sites for hydroxylation is 2. The van der Waals surface area contributed by atoms with Crippen LogP contribution in [0.25, 0.3) is 11.3 Å². The van der Waals surface area contributed by atoms with Crippen LogP contribution in [0.1, 0.15) is 36.9 Å². The van der Waals surface area contributed by atoms with E-state index in [0.29, 0.717) is 11.8 Å². The molecule has 1 atom stereocenters. The molecule has 0 unspecified atom stereocenters. The predicted molar refractivity (Wildman–Crippen MR) is 90.0 cm³/mol. The van der Waals surface area contributed by atoms with E-state index in [1.165, 1.54) is 24.8 Å². The van der Waals surface area contributed by atoms with Crippen LogP contribution < -0.4 is 5.32 Å². The van der Waals surface area contributed by atoms with Crippen molar-refractivity contribution >= 4 is 0 Å². The molecule has 1 saturated heterocycles. The molecular weight excluding hydrogens is 272 g/mol. The number of nitrogens with zero attached hydrogens (tertiary/aromatic N) is 1. The standard InChI is InChI=1S/C19H24N2O/c1-14-5-4-7-19(21-14)16-11-15(12-18(22)13-16)8-9-17-6-2-3-10-20-17/h4-5,7,11-13,17,20,22H,2-3,6,8-10H2,1H3/t17-/m1/s1. The molecule has 22 heavy (non-hydrogen) atoms. The molecule has 3 rings (SSSR count). The van der Waals surface area contributed by atoms with Crippen LogP contribution in [-0.4, -0.2) is 22.7 Å². The van der Waals surface area contributed by atoms with Gasteiger partial charge in [0.05, 0.1) is 5.69 Å². The van der Waals surface area contributed by atoms with Crippen LogP contribution in [0.5, 0.6) is 5.75 Å². The lowest BCUT2D eigenvalue weighted by molar-refractivity contribution is 0.382. The lowest BCUT2D eigenvalue weighted by Crippen LogP contribution is -2.34. The average Bonchev–Trinajstić information content (AvgIpc) is 2.53. The summed E-state index contributed by atoms with van der Waals surface area (Å²) < 4.78 is 0. The molecule has 3 heteroatoms. The second-order valence-electron chi connectivity index (χ2n) is 6.24. The number of phenolic OH excluding ortho intramolecular Hbond substituents is 1. The summed E-state index contributed by atoms with van der Waals surface area (Å²) in [6, 6.07) is 12.4. The third-order valence-corrected chi connectivity index (χ3v) is 4.36. The molecule has 0 aliphatic carbocycles. The Bertz CT molecular complexity index is 633. The van der Waals surface area contributed by atoms with E-state index >= 15 is 0 Å². The fourth-order valence-electron chi connectivity index (χ4n) is 3.18.